The van der Waals surface area contributed by atoms with E-state index in [1.165, 1.54) is 4.90 Å². The Bertz CT molecular complexity index is 1080. The second kappa shape index (κ2) is 7.54. The molecule has 2 atom stereocenters. The van der Waals surface area contributed by atoms with Gasteiger partial charge >= 0.3 is 6.03 Å². The Morgan fingerprint density at radius 2 is 1.77 bits per heavy atom. The van der Waals surface area contributed by atoms with E-state index in [4.69, 9.17) is 0 Å². The van der Waals surface area contributed by atoms with Crippen LogP contribution in [-0.2, 0) is 19.9 Å². The van der Waals surface area contributed by atoms with Crippen molar-refractivity contribution in [1.29, 1.82) is 0 Å². The van der Waals surface area contributed by atoms with Crippen molar-refractivity contribution >= 4 is 35.1 Å². The zero-order valence-electron chi connectivity index (χ0n) is 17.6. The topological polar surface area (TPSA) is 98.8 Å². The van der Waals surface area contributed by atoms with Gasteiger partial charge in [0.05, 0.1) is 11.4 Å². The fourth-order valence-corrected chi connectivity index (χ4v) is 4.10. The van der Waals surface area contributed by atoms with Gasteiger partial charge in [0.1, 0.15) is 12.1 Å². The summed E-state index contributed by atoms with van der Waals surface area (Å²) in [5.74, 6) is -1.12. The van der Waals surface area contributed by atoms with Crippen LogP contribution >= 0.6 is 0 Å². The summed E-state index contributed by atoms with van der Waals surface area (Å²) >= 11 is 0. The molecule has 2 aromatic rings. The smallest absolute Gasteiger partial charge is 0.324 e. The number of rotatable bonds is 3. The van der Waals surface area contributed by atoms with Crippen LogP contribution in [0.4, 0.5) is 16.2 Å². The number of aryl methyl sites for hydroxylation is 1. The summed E-state index contributed by atoms with van der Waals surface area (Å²) in [4.78, 5) is 53.7. The average Bonchev–Trinajstić information content (AvgIpc) is 2.85. The number of carbonyl (C=O) groups excluding carboxylic acids is 4. The van der Waals surface area contributed by atoms with Gasteiger partial charge in [-0.3, -0.25) is 19.3 Å². The molecule has 2 aliphatic rings. The van der Waals surface area contributed by atoms with E-state index >= 15 is 0 Å². The van der Waals surface area contributed by atoms with Crippen molar-refractivity contribution in [2.24, 2.45) is 0 Å². The lowest BCUT2D eigenvalue weighted by Crippen LogP contribution is -2.47. The Labute approximate surface area is 180 Å². The largest absolute Gasteiger partial charge is 0.325 e. The van der Waals surface area contributed by atoms with Crippen LogP contribution < -0.4 is 15.5 Å². The van der Waals surface area contributed by atoms with Crippen LogP contribution in [0.15, 0.2) is 48.5 Å². The van der Waals surface area contributed by atoms with Crippen molar-refractivity contribution in [2.75, 3.05) is 16.8 Å². The third-order valence-corrected chi connectivity index (χ3v) is 5.83. The summed E-state index contributed by atoms with van der Waals surface area (Å²) in [6, 6.07) is 13.3. The van der Waals surface area contributed by atoms with Crippen LogP contribution in [0.1, 0.15) is 31.4 Å². The van der Waals surface area contributed by atoms with Gasteiger partial charge < -0.3 is 15.5 Å². The molecule has 0 saturated carbocycles. The molecule has 8 nitrogen and oxygen atoms in total. The molecule has 0 bridgehead atoms. The molecule has 2 aromatic carbocycles. The lowest BCUT2D eigenvalue weighted by molar-refractivity contribution is -0.134. The summed E-state index contributed by atoms with van der Waals surface area (Å²) < 4.78 is 0. The number of para-hydroxylation sites is 2. The highest BCUT2D eigenvalue weighted by Crippen LogP contribution is 2.33. The number of urea groups is 1. The number of imide groups is 1. The van der Waals surface area contributed by atoms with Gasteiger partial charge in [-0.15, -0.1) is 0 Å². The summed E-state index contributed by atoms with van der Waals surface area (Å²) in [5.41, 5.74) is 1.50. The number of nitrogens with one attached hydrogen (secondary N) is 2. The standard InChI is InChI=1S/C23H24N4O4/c1-14-8-10-16(11-9-14)23(3)21(30)26(22(31)25-23)13-20(29)27-15(2)12-19(28)24-17-6-4-5-7-18(17)27/h4-11,15H,12-13H2,1-3H3,(H,24,28)(H,25,31)/t15-,23-/m1/s1. The first-order valence-electron chi connectivity index (χ1n) is 10.1. The van der Waals surface area contributed by atoms with Crippen molar-refractivity contribution in [2.45, 2.75) is 38.8 Å². The number of fused-ring (bicyclic) bond motifs is 1. The average molecular weight is 420 g/mol. The molecule has 160 valence electrons. The minimum absolute atomic E-state index is 0.113. The minimum Gasteiger partial charge on any atom is -0.324 e. The molecule has 4 rings (SSSR count). The van der Waals surface area contributed by atoms with E-state index in [1.54, 1.807) is 50.2 Å². The van der Waals surface area contributed by atoms with Crippen molar-refractivity contribution in [1.82, 2.24) is 10.2 Å². The van der Waals surface area contributed by atoms with Gasteiger partial charge in [0.15, 0.2) is 0 Å². The molecule has 2 aliphatic heterocycles. The zero-order valence-corrected chi connectivity index (χ0v) is 17.6. The van der Waals surface area contributed by atoms with Gasteiger partial charge in [-0.2, -0.15) is 0 Å². The van der Waals surface area contributed by atoms with E-state index in [9.17, 15) is 19.2 Å². The fourth-order valence-electron chi connectivity index (χ4n) is 4.10. The highest BCUT2D eigenvalue weighted by molar-refractivity contribution is 6.12. The summed E-state index contributed by atoms with van der Waals surface area (Å²) in [7, 11) is 0. The normalized spacial score (nSPS) is 23.2. The first-order chi connectivity index (χ1) is 14.7. The highest BCUT2D eigenvalue weighted by atomic mass is 16.2. The van der Waals surface area contributed by atoms with E-state index in [-0.39, 0.29) is 12.3 Å². The van der Waals surface area contributed by atoms with Crippen LogP contribution in [0.2, 0.25) is 0 Å². The van der Waals surface area contributed by atoms with E-state index in [2.05, 4.69) is 10.6 Å². The predicted molar refractivity (Wildman–Crippen MR) is 115 cm³/mol. The molecular formula is C23H24N4O4. The van der Waals surface area contributed by atoms with Crippen LogP contribution in [0.3, 0.4) is 0 Å². The zero-order chi connectivity index (χ0) is 22.3. The fraction of sp³-hybridized carbons (Fsp3) is 0.304. The van der Waals surface area contributed by atoms with E-state index in [0.717, 1.165) is 10.5 Å². The third-order valence-electron chi connectivity index (χ3n) is 5.83. The Hall–Kier alpha value is -3.68. The van der Waals surface area contributed by atoms with Gasteiger partial charge in [-0.1, -0.05) is 42.0 Å². The number of hydrogen-bond acceptors (Lipinski definition) is 4. The molecule has 0 aliphatic carbocycles. The first kappa shape index (κ1) is 20.6. The van der Waals surface area contributed by atoms with Gasteiger partial charge in [-0.05, 0) is 38.5 Å². The first-order valence-corrected chi connectivity index (χ1v) is 10.1. The Balaban J connectivity index is 1.61. The number of hydrogen-bond donors (Lipinski definition) is 2. The maximum absolute atomic E-state index is 13.3. The van der Waals surface area contributed by atoms with Crippen molar-refractivity contribution < 1.29 is 19.2 Å². The number of benzene rings is 2. The molecule has 1 saturated heterocycles. The van der Waals surface area contributed by atoms with Crippen LogP contribution in [0.5, 0.6) is 0 Å². The van der Waals surface area contributed by atoms with E-state index in [1.807, 2.05) is 19.1 Å². The monoisotopic (exact) mass is 420 g/mol. The molecule has 2 heterocycles. The molecule has 0 unspecified atom stereocenters. The molecule has 0 spiro atoms. The summed E-state index contributed by atoms with van der Waals surface area (Å²) in [5, 5.41) is 5.52. The van der Waals surface area contributed by atoms with Crippen LogP contribution in [-0.4, -0.2) is 41.2 Å². The molecule has 2 N–H and O–H groups in total. The number of nitrogens with zero attached hydrogens (tertiary/aromatic N) is 2. The quantitative estimate of drug-likeness (QED) is 0.746. The minimum atomic E-state index is -1.25. The lowest BCUT2D eigenvalue weighted by Gasteiger charge is -2.29. The van der Waals surface area contributed by atoms with Crippen molar-refractivity contribution in [3.63, 3.8) is 0 Å². The second-order valence-corrected chi connectivity index (χ2v) is 8.19. The molecular weight excluding hydrogens is 396 g/mol. The van der Waals surface area contributed by atoms with Gasteiger partial charge in [0, 0.05) is 12.5 Å². The van der Waals surface area contributed by atoms with Gasteiger partial charge in [0.2, 0.25) is 11.8 Å². The summed E-state index contributed by atoms with van der Waals surface area (Å²) in [6.07, 6.45) is 0.113. The number of amides is 5. The Kier molecular flexibility index (Phi) is 5.00. The van der Waals surface area contributed by atoms with Gasteiger partial charge in [0.25, 0.3) is 5.91 Å². The Morgan fingerprint density at radius 3 is 2.48 bits per heavy atom. The number of anilines is 2. The SMILES string of the molecule is Cc1ccc([C@@]2(C)NC(=O)N(CC(=O)N3c4ccccc4NC(=O)C[C@H]3C)C2=O)cc1. The predicted octanol–water partition coefficient (Wildman–Crippen LogP) is 2.53. The molecule has 0 aromatic heterocycles. The third kappa shape index (κ3) is 3.54. The molecule has 0 radical (unpaired) electrons. The van der Waals surface area contributed by atoms with E-state index in [0.29, 0.717) is 16.9 Å². The molecule has 1 fully saturated rings. The molecule has 31 heavy (non-hydrogen) atoms. The Morgan fingerprint density at radius 1 is 1.10 bits per heavy atom. The van der Waals surface area contributed by atoms with Crippen LogP contribution in [0.25, 0.3) is 0 Å². The molecule has 8 heteroatoms. The van der Waals surface area contributed by atoms with Crippen molar-refractivity contribution in [3.05, 3.63) is 59.7 Å². The maximum Gasteiger partial charge on any atom is 0.325 e. The molecule has 5 amide bonds. The van der Waals surface area contributed by atoms with E-state index < -0.39 is 36.0 Å². The summed E-state index contributed by atoms with van der Waals surface area (Å²) in [6.45, 7) is 4.92. The second-order valence-electron chi connectivity index (χ2n) is 8.19. The lowest BCUT2D eigenvalue weighted by atomic mass is 9.91. The highest BCUT2D eigenvalue weighted by Gasteiger charge is 2.50. The maximum atomic E-state index is 13.3. The van der Waals surface area contributed by atoms with Crippen molar-refractivity contribution in [3.8, 4) is 0 Å². The van der Waals surface area contributed by atoms with Crippen LogP contribution in [0, 0.1) is 6.92 Å². The number of carbonyl (C=O) groups is 4. The van der Waals surface area contributed by atoms with Gasteiger partial charge in [-0.25, -0.2) is 4.79 Å².